The minimum Gasteiger partial charge on any atom is -0.418 e. The summed E-state index contributed by atoms with van der Waals surface area (Å²) in [5.74, 6) is 0. The summed E-state index contributed by atoms with van der Waals surface area (Å²) in [4.78, 5) is 0. The average Bonchev–Trinajstić information content (AvgIpc) is 2.65. The van der Waals surface area contributed by atoms with Crippen LogP contribution in [0.4, 0.5) is 0 Å². The van der Waals surface area contributed by atoms with Gasteiger partial charge in [-0.05, 0) is 43.7 Å². The Balaban J connectivity index is 2.77. The molecule has 2 aromatic carbocycles. The molecule has 5 heteroatoms. The fourth-order valence-electron chi connectivity index (χ4n) is 3.82. The highest BCUT2D eigenvalue weighted by Crippen LogP contribution is 2.33. The number of rotatable bonds is 9. The van der Waals surface area contributed by atoms with Gasteiger partial charge >= 0.3 is 0 Å². The van der Waals surface area contributed by atoms with Crippen molar-refractivity contribution in [1.29, 1.82) is 0 Å². The lowest BCUT2D eigenvalue weighted by atomic mass is 10.3. The molecule has 0 amide bonds. The summed E-state index contributed by atoms with van der Waals surface area (Å²) in [6.45, 7) is 18.6. The molecule has 0 spiro atoms. The summed E-state index contributed by atoms with van der Waals surface area (Å²) in [5, 5.41) is 2.49. The molecule has 0 aliphatic rings. The summed E-state index contributed by atoms with van der Waals surface area (Å²) < 4.78 is 14.1. The molecular weight excluding hydrogens is 393 g/mol. The number of hydrogen-bond donors (Lipinski definition) is 0. The molecule has 28 heavy (non-hydrogen) atoms. The molecule has 0 aliphatic heterocycles. The van der Waals surface area contributed by atoms with Crippen LogP contribution in [0.3, 0.4) is 0 Å². The van der Waals surface area contributed by atoms with Gasteiger partial charge in [-0.25, -0.2) is 0 Å². The Morgan fingerprint density at radius 3 is 1.64 bits per heavy atom. The van der Waals surface area contributed by atoms with E-state index >= 15 is 0 Å². The Bertz CT molecular complexity index is 689. The Morgan fingerprint density at radius 1 is 0.893 bits per heavy atom. The van der Waals surface area contributed by atoms with Gasteiger partial charge in [0.15, 0.2) is 9.04 Å². The molecule has 2 unspecified atom stereocenters. The van der Waals surface area contributed by atoms with Crippen LogP contribution in [0, 0.1) is 0 Å². The molecule has 2 nitrogen and oxygen atoms in total. The molecule has 0 radical (unpaired) electrons. The first-order valence-corrected chi connectivity index (χ1v) is 18.8. The van der Waals surface area contributed by atoms with Crippen LogP contribution in [0.15, 0.2) is 60.7 Å². The minimum atomic E-state index is -2.63. The molecule has 0 aliphatic carbocycles. The lowest BCUT2D eigenvalue weighted by Gasteiger charge is -2.49. The summed E-state index contributed by atoms with van der Waals surface area (Å²) >= 11 is 0. The van der Waals surface area contributed by atoms with E-state index in [1.807, 2.05) is 0 Å². The molecule has 2 atom stereocenters. The van der Waals surface area contributed by atoms with Gasteiger partial charge in [-0.15, -0.1) is 0 Å². The Hall–Kier alpha value is -0.989. The van der Waals surface area contributed by atoms with Crippen LogP contribution < -0.4 is 10.4 Å². The average molecular weight is 431 g/mol. The van der Waals surface area contributed by atoms with Gasteiger partial charge in [0, 0.05) is 5.22 Å². The summed E-state index contributed by atoms with van der Waals surface area (Å²) in [6.07, 6.45) is 1.02. The van der Waals surface area contributed by atoms with E-state index in [9.17, 15) is 0 Å². The lowest BCUT2D eigenvalue weighted by Crippen LogP contribution is -2.74. The van der Waals surface area contributed by atoms with E-state index in [-0.39, 0.29) is 11.0 Å². The summed E-state index contributed by atoms with van der Waals surface area (Å²) in [6, 6.07) is 21.7. The summed E-state index contributed by atoms with van der Waals surface area (Å²) in [7, 11) is -5.46. The highest BCUT2D eigenvalue weighted by molar-refractivity contribution is 6.99. The van der Waals surface area contributed by atoms with E-state index in [4.69, 9.17) is 8.85 Å². The van der Waals surface area contributed by atoms with Gasteiger partial charge in [0.2, 0.25) is 0 Å². The first-order chi connectivity index (χ1) is 13.1. The zero-order valence-electron chi connectivity index (χ0n) is 19.0. The fraction of sp³-hybridized carbons (Fsp3) is 0.478. The summed E-state index contributed by atoms with van der Waals surface area (Å²) in [5.41, 5.74) is 0.0613. The van der Waals surface area contributed by atoms with Crippen LogP contribution in [0.5, 0.6) is 0 Å². The number of benzene rings is 2. The molecule has 2 aromatic rings. The zero-order chi connectivity index (χ0) is 21.0. The van der Waals surface area contributed by atoms with Crippen LogP contribution in [0.1, 0.15) is 27.2 Å². The molecule has 0 heterocycles. The largest absolute Gasteiger partial charge is 0.418 e. The van der Waals surface area contributed by atoms with Crippen molar-refractivity contribution in [1.82, 2.24) is 0 Å². The third kappa shape index (κ3) is 4.76. The second kappa shape index (κ2) is 9.22. The fourth-order valence-corrected chi connectivity index (χ4v) is 12.9. The van der Waals surface area contributed by atoms with Crippen molar-refractivity contribution in [2.45, 2.75) is 70.9 Å². The number of hydrogen-bond acceptors (Lipinski definition) is 2. The maximum atomic E-state index is 7.47. The van der Waals surface area contributed by atoms with Gasteiger partial charge in [0.25, 0.3) is 8.32 Å². The first-order valence-electron chi connectivity index (χ1n) is 10.5. The Labute approximate surface area is 176 Å². The molecule has 0 aromatic heterocycles. The second-order valence-corrected chi connectivity index (χ2v) is 20.8. The third-order valence-electron chi connectivity index (χ3n) is 6.10. The standard InChI is InChI=1S/C23H38O2Si3/c1-9-23(3,27(6,7)8)25-28(20(2)24-26(4)5,21-16-12-10-13-17-21)22-18-14-11-15-19-22/h10-20,26H,9H2,1-8H3. The van der Waals surface area contributed by atoms with Gasteiger partial charge < -0.3 is 8.85 Å². The normalized spacial score (nSPS) is 16.0. The first kappa shape index (κ1) is 23.3. The van der Waals surface area contributed by atoms with Gasteiger partial charge in [-0.3, -0.25) is 0 Å². The minimum absolute atomic E-state index is 0.0613. The van der Waals surface area contributed by atoms with Crippen molar-refractivity contribution in [3.05, 3.63) is 60.7 Å². The maximum Gasteiger partial charge on any atom is 0.283 e. The second-order valence-electron chi connectivity index (χ2n) is 9.23. The van der Waals surface area contributed by atoms with Crippen molar-refractivity contribution in [2.75, 3.05) is 0 Å². The molecule has 0 saturated carbocycles. The zero-order valence-corrected chi connectivity index (χ0v) is 22.1. The van der Waals surface area contributed by atoms with Crippen molar-refractivity contribution < 1.29 is 8.85 Å². The van der Waals surface area contributed by atoms with Crippen LogP contribution in [0.2, 0.25) is 32.7 Å². The van der Waals surface area contributed by atoms with Gasteiger partial charge in [0.05, 0.1) is 13.8 Å². The third-order valence-corrected chi connectivity index (χ3v) is 15.6. The molecule has 0 N–H and O–H groups in total. The molecule has 2 rings (SSSR count). The SMILES string of the molecule is CCC(C)(O[Si](c1ccccc1)(c1ccccc1)C(C)O[SiH](C)C)[Si](C)(C)C. The van der Waals surface area contributed by atoms with E-state index in [1.54, 1.807) is 0 Å². The van der Waals surface area contributed by atoms with Crippen molar-refractivity contribution in [3.63, 3.8) is 0 Å². The van der Waals surface area contributed by atoms with Crippen molar-refractivity contribution in [3.8, 4) is 0 Å². The molecule has 0 saturated heterocycles. The molecule has 154 valence electrons. The van der Waals surface area contributed by atoms with E-state index in [2.05, 4.69) is 114 Å². The molecular formula is C23H38O2Si3. The molecule has 0 bridgehead atoms. The Kier molecular flexibility index (Phi) is 7.67. The van der Waals surface area contributed by atoms with E-state index < -0.39 is 25.4 Å². The highest BCUT2D eigenvalue weighted by Gasteiger charge is 2.53. The van der Waals surface area contributed by atoms with Crippen LogP contribution in [0.25, 0.3) is 0 Å². The molecule has 0 fully saturated rings. The lowest BCUT2D eigenvalue weighted by molar-refractivity contribution is 0.132. The predicted molar refractivity (Wildman–Crippen MR) is 130 cm³/mol. The maximum absolute atomic E-state index is 7.47. The monoisotopic (exact) mass is 430 g/mol. The van der Waals surface area contributed by atoms with Crippen molar-refractivity contribution in [2.24, 2.45) is 0 Å². The van der Waals surface area contributed by atoms with Crippen LogP contribution in [-0.4, -0.2) is 36.4 Å². The van der Waals surface area contributed by atoms with E-state index in [1.165, 1.54) is 10.4 Å². The van der Waals surface area contributed by atoms with E-state index in [0.29, 0.717) is 0 Å². The highest BCUT2D eigenvalue weighted by atomic mass is 28.4. The van der Waals surface area contributed by atoms with Gasteiger partial charge in [-0.1, -0.05) is 87.2 Å². The van der Waals surface area contributed by atoms with E-state index in [0.717, 1.165) is 6.42 Å². The quantitative estimate of drug-likeness (QED) is 0.535. The predicted octanol–water partition coefficient (Wildman–Crippen LogP) is 4.74. The van der Waals surface area contributed by atoms with Gasteiger partial charge in [-0.2, -0.15) is 0 Å². The van der Waals surface area contributed by atoms with Crippen molar-refractivity contribution >= 4 is 35.8 Å². The topological polar surface area (TPSA) is 18.5 Å². The smallest absolute Gasteiger partial charge is 0.283 e. The van der Waals surface area contributed by atoms with Gasteiger partial charge in [0.1, 0.15) is 0 Å². The Morgan fingerprint density at radius 2 is 1.32 bits per heavy atom. The van der Waals surface area contributed by atoms with Crippen LogP contribution in [-0.2, 0) is 8.85 Å². The van der Waals surface area contributed by atoms with Crippen LogP contribution >= 0.6 is 0 Å².